The molecule has 3 aliphatic heterocycles. The third kappa shape index (κ3) is 3.72. The van der Waals surface area contributed by atoms with E-state index < -0.39 is 82.2 Å². The number of carbonyl (C=O) groups excluding carboxylic acids is 5. The van der Waals surface area contributed by atoms with Gasteiger partial charge in [-0.1, -0.05) is 19.9 Å². The average Bonchev–Trinajstić information content (AvgIpc) is 4.03. The molecule has 7 aliphatic carbocycles. The molecular formula is C40H42O13. The summed E-state index contributed by atoms with van der Waals surface area (Å²) in [6.07, 6.45) is 3.42. The minimum absolute atomic E-state index is 0.0197. The van der Waals surface area contributed by atoms with Crippen LogP contribution in [-0.2, 0) is 52.4 Å². The predicted molar refractivity (Wildman–Crippen MR) is 177 cm³/mol. The van der Waals surface area contributed by atoms with Gasteiger partial charge < -0.3 is 38.6 Å². The molecule has 0 radical (unpaired) electrons. The van der Waals surface area contributed by atoms with Gasteiger partial charge in [0.05, 0.1) is 18.4 Å². The highest BCUT2D eigenvalue weighted by Crippen LogP contribution is 2.83. The summed E-state index contributed by atoms with van der Waals surface area (Å²) in [6, 6.07) is 0. The number of hydrogen-bond acceptors (Lipinski definition) is 13. The summed E-state index contributed by atoms with van der Waals surface area (Å²) < 4.78 is 35.5. The monoisotopic (exact) mass is 730 g/mol. The van der Waals surface area contributed by atoms with E-state index in [0.717, 1.165) is 17.6 Å². The molecule has 0 saturated heterocycles. The lowest BCUT2D eigenvalue weighted by atomic mass is 9.45. The van der Waals surface area contributed by atoms with Crippen LogP contribution in [0.2, 0.25) is 0 Å². The summed E-state index contributed by atoms with van der Waals surface area (Å²) in [5.74, 6) is -6.43. The van der Waals surface area contributed by atoms with Gasteiger partial charge in [0.25, 0.3) is 5.79 Å². The van der Waals surface area contributed by atoms with Crippen LogP contribution < -0.4 is 0 Å². The van der Waals surface area contributed by atoms with E-state index in [2.05, 4.69) is 13.0 Å². The van der Waals surface area contributed by atoms with Crippen molar-refractivity contribution in [1.82, 2.24) is 0 Å². The van der Waals surface area contributed by atoms with Gasteiger partial charge in [-0.15, -0.1) is 0 Å². The van der Waals surface area contributed by atoms with Crippen molar-refractivity contribution in [2.24, 2.45) is 46.3 Å². The third-order valence-electron chi connectivity index (χ3n) is 15.2. The number of aliphatic hydroxyl groups is 2. The number of fused-ring (bicyclic) bond motifs is 9. The first-order valence-corrected chi connectivity index (χ1v) is 18.6. The van der Waals surface area contributed by atoms with Gasteiger partial charge in [0, 0.05) is 46.7 Å². The molecule has 280 valence electrons. The van der Waals surface area contributed by atoms with Crippen LogP contribution >= 0.6 is 0 Å². The largest absolute Gasteiger partial charge is 0.461 e. The summed E-state index contributed by atoms with van der Waals surface area (Å²) in [7, 11) is 1.40. The van der Waals surface area contributed by atoms with Gasteiger partial charge >= 0.3 is 29.8 Å². The molecule has 13 heteroatoms. The fourth-order valence-electron chi connectivity index (χ4n) is 12.6. The van der Waals surface area contributed by atoms with Crippen LogP contribution in [0.25, 0.3) is 0 Å². The van der Waals surface area contributed by atoms with Crippen molar-refractivity contribution in [2.75, 3.05) is 26.9 Å². The van der Waals surface area contributed by atoms with Crippen molar-refractivity contribution in [3.8, 4) is 0 Å². The highest BCUT2D eigenvalue weighted by Gasteiger charge is 2.84. The zero-order valence-electron chi connectivity index (χ0n) is 30.2. The lowest BCUT2D eigenvalue weighted by Crippen LogP contribution is -2.65. The number of aliphatic hydroxyl groups excluding tert-OH is 1. The number of cyclic esters (lactones) is 3. The lowest BCUT2D eigenvalue weighted by Gasteiger charge is -2.61. The highest BCUT2D eigenvalue weighted by molar-refractivity contribution is 5.99. The third-order valence-corrected chi connectivity index (χ3v) is 15.2. The second-order valence-electron chi connectivity index (χ2n) is 17.2. The van der Waals surface area contributed by atoms with Gasteiger partial charge in [-0.05, 0) is 85.0 Å². The molecule has 2 N–H and O–H groups in total. The Kier molecular flexibility index (Phi) is 6.42. The van der Waals surface area contributed by atoms with Crippen molar-refractivity contribution in [2.45, 2.75) is 82.9 Å². The Morgan fingerprint density at radius 3 is 2.32 bits per heavy atom. The first-order chi connectivity index (χ1) is 25.1. The quantitative estimate of drug-likeness (QED) is 0.297. The summed E-state index contributed by atoms with van der Waals surface area (Å²) in [4.78, 5) is 66.6. The Morgan fingerprint density at radius 1 is 0.849 bits per heavy atom. The number of esters is 5. The zero-order valence-corrected chi connectivity index (χ0v) is 30.2. The van der Waals surface area contributed by atoms with Crippen molar-refractivity contribution in [1.29, 1.82) is 0 Å². The van der Waals surface area contributed by atoms with E-state index in [4.69, 9.17) is 28.4 Å². The molecule has 12 unspecified atom stereocenters. The van der Waals surface area contributed by atoms with E-state index in [1.807, 2.05) is 6.92 Å². The second kappa shape index (κ2) is 10.2. The second-order valence-corrected chi connectivity index (χ2v) is 17.2. The lowest BCUT2D eigenvalue weighted by molar-refractivity contribution is -0.252. The Bertz CT molecular complexity index is 2050. The van der Waals surface area contributed by atoms with Gasteiger partial charge in [-0.3, -0.25) is 9.59 Å². The minimum atomic E-state index is -1.86. The molecule has 2 bridgehead atoms. The molecule has 53 heavy (non-hydrogen) atoms. The minimum Gasteiger partial charge on any atom is -0.461 e. The fourth-order valence-corrected chi connectivity index (χ4v) is 12.6. The SMILES string of the molecule is COC12OC(=O)C(C)=C1C1=C3C(=CC4C15OC(=O)C1=C5CC5C(O)(COC(=O)C(C)=CCOC(=O)CCC(=O)OC1)C1CC1C45C)C1CC1C3(C)C2O. The molecule has 0 amide bonds. The standard InChI is InChI=1S/C40H42O13/c1-16-8-9-49-27(41)6-7-28(42)50-14-20-22-13-25-36(3,23-12-24(23)38(25,47)15-51-32(16)43)26-11-19-18-10-21(18)37(4)30(19)31(39(22,26)52-34(20)45)29-17(2)33(44)53-40(29,48-5)35(37)46/h8,11,18,21,23-26,35,46-47H,6-7,9-10,12-15H2,1-5H3. The van der Waals surface area contributed by atoms with Gasteiger partial charge in [0.2, 0.25) is 0 Å². The Hall–Kier alpha value is -4.07. The summed E-state index contributed by atoms with van der Waals surface area (Å²) in [6.45, 7) is 6.34. The van der Waals surface area contributed by atoms with Gasteiger partial charge in [0.15, 0.2) is 5.60 Å². The topological polar surface area (TPSA) is 181 Å². The van der Waals surface area contributed by atoms with Crippen molar-refractivity contribution in [3.63, 3.8) is 0 Å². The molecule has 3 heterocycles. The van der Waals surface area contributed by atoms with Gasteiger partial charge in [-0.25, -0.2) is 14.4 Å². The maximum Gasteiger partial charge on any atom is 0.338 e. The fraction of sp³-hybridized carbons (Fsp3) is 0.625. The number of rotatable bonds is 1. The molecule has 5 fully saturated rings. The molecular weight excluding hydrogens is 688 g/mol. The van der Waals surface area contributed by atoms with Gasteiger partial charge in [0.1, 0.15) is 31.5 Å². The Balaban J connectivity index is 1.21. The van der Waals surface area contributed by atoms with E-state index in [-0.39, 0.29) is 72.9 Å². The Morgan fingerprint density at radius 2 is 1.58 bits per heavy atom. The molecule has 12 atom stereocenters. The van der Waals surface area contributed by atoms with Crippen LogP contribution in [0.1, 0.15) is 59.8 Å². The maximum absolute atomic E-state index is 14.4. The maximum atomic E-state index is 14.4. The smallest absolute Gasteiger partial charge is 0.338 e. The van der Waals surface area contributed by atoms with Crippen LogP contribution in [0.4, 0.5) is 0 Å². The first kappa shape index (κ1) is 33.5. The average molecular weight is 731 g/mol. The van der Waals surface area contributed by atoms with Crippen LogP contribution in [0.3, 0.4) is 0 Å². The molecule has 13 nitrogen and oxygen atoms in total. The summed E-state index contributed by atoms with van der Waals surface area (Å²) >= 11 is 0. The Labute approximate surface area is 305 Å². The zero-order chi connectivity index (χ0) is 37.4. The molecule has 0 aromatic rings. The summed E-state index contributed by atoms with van der Waals surface area (Å²) in [5, 5.41) is 25.1. The van der Waals surface area contributed by atoms with E-state index in [1.165, 1.54) is 20.1 Å². The molecule has 10 rings (SSSR count). The first-order valence-electron chi connectivity index (χ1n) is 18.6. The molecule has 10 aliphatic rings. The number of carbonyl (C=O) groups is 5. The highest BCUT2D eigenvalue weighted by atomic mass is 16.7. The number of ether oxygens (including phenoxy) is 6. The molecule has 0 aromatic heterocycles. The predicted octanol–water partition coefficient (Wildman–Crippen LogP) is 2.45. The van der Waals surface area contributed by atoms with Crippen molar-refractivity contribution >= 4 is 29.8 Å². The summed E-state index contributed by atoms with van der Waals surface area (Å²) in [5.41, 5.74) is -0.737. The van der Waals surface area contributed by atoms with Crippen molar-refractivity contribution in [3.05, 3.63) is 56.7 Å². The number of allylic oxidation sites excluding steroid dienone is 1. The van der Waals surface area contributed by atoms with E-state index in [9.17, 15) is 34.2 Å². The van der Waals surface area contributed by atoms with Crippen LogP contribution in [-0.4, -0.2) is 90.1 Å². The van der Waals surface area contributed by atoms with Crippen LogP contribution in [0.5, 0.6) is 0 Å². The normalized spacial score (nSPS) is 47.8. The number of hydrogen-bond donors (Lipinski definition) is 2. The van der Waals surface area contributed by atoms with E-state index >= 15 is 0 Å². The van der Waals surface area contributed by atoms with Crippen molar-refractivity contribution < 1.29 is 62.6 Å². The van der Waals surface area contributed by atoms with Crippen LogP contribution in [0.15, 0.2) is 56.7 Å². The molecule has 5 saturated carbocycles. The number of methoxy groups -OCH3 is 1. The van der Waals surface area contributed by atoms with E-state index in [0.29, 0.717) is 23.1 Å². The van der Waals surface area contributed by atoms with Crippen LogP contribution in [0, 0.1) is 46.3 Å². The van der Waals surface area contributed by atoms with E-state index in [1.54, 1.807) is 6.92 Å². The molecule has 1 spiro atoms. The molecule has 0 aromatic carbocycles. The van der Waals surface area contributed by atoms with Gasteiger partial charge in [-0.2, -0.15) is 0 Å².